The maximum Gasteiger partial charge on any atom is 0.0931 e. The van der Waals surface area contributed by atoms with Crippen LogP contribution in [0.3, 0.4) is 0 Å². The van der Waals surface area contributed by atoms with Crippen molar-refractivity contribution in [2.24, 2.45) is 0 Å². The summed E-state index contributed by atoms with van der Waals surface area (Å²) in [6.07, 6.45) is 0. The van der Waals surface area contributed by atoms with Crippen LogP contribution in [0.5, 0.6) is 0 Å². The SMILES string of the molecule is Clc1cc(Cl)cc(C(Cl)c2ccc(Cl)s2)c1. The standard InChI is InChI=1S/C11H6Cl4S/c12-7-3-6(4-8(13)5-7)11(15)9-1-2-10(14)16-9/h1-5,11H. The number of benzene rings is 1. The van der Waals surface area contributed by atoms with E-state index in [4.69, 9.17) is 46.4 Å². The van der Waals surface area contributed by atoms with Crippen LogP contribution in [0.4, 0.5) is 0 Å². The van der Waals surface area contributed by atoms with Gasteiger partial charge in [-0.15, -0.1) is 22.9 Å². The molecule has 1 unspecified atom stereocenters. The summed E-state index contributed by atoms with van der Waals surface area (Å²) in [5, 5.41) is 0.889. The van der Waals surface area contributed by atoms with E-state index in [9.17, 15) is 0 Å². The minimum Gasteiger partial charge on any atom is -0.127 e. The highest BCUT2D eigenvalue weighted by molar-refractivity contribution is 7.16. The first-order chi connectivity index (χ1) is 7.56. The van der Waals surface area contributed by atoms with Gasteiger partial charge in [-0.25, -0.2) is 0 Å². The van der Waals surface area contributed by atoms with E-state index in [1.165, 1.54) is 11.3 Å². The third-order valence-electron chi connectivity index (χ3n) is 2.02. The molecule has 1 heterocycles. The number of alkyl halides is 1. The Morgan fingerprint density at radius 3 is 2.06 bits per heavy atom. The number of halogens is 4. The topological polar surface area (TPSA) is 0 Å². The van der Waals surface area contributed by atoms with Gasteiger partial charge in [0.05, 0.1) is 9.71 Å². The van der Waals surface area contributed by atoms with Crippen LogP contribution in [0.1, 0.15) is 15.8 Å². The maximum atomic E-state index is 6.32. The smallest absolute Gasteiger partial charge is 0.0931 e. The Kier molecular flexibility index (Phi) is 4.04. The van der Waals surface area contributed by atoms with Crippen LogP contribution in [0.2, 0.25) is 14.4 Å². The number of thiophene rings is 1. The second-order valence-electron chi connectivity index (χ2n) is 3.21. The molecule has 0 N–H and O–H groups in total. The van der Waals surface area contributed by atoms with Crippen molar-refractivity contribution in [3.63, 3.8) is 0 Å². The fourth-order valence-corrected chi connectivity index (χ4v) is 3.29. The van der Waals surface area contributed by atoms with Crippen LogP contribution in [-0.4, -0.2) is 0 Å². The fraction of sp³-hybridized carbons (Fsp3) is 0.0909. The lowest BCUT2D eigenvalue weighted by molar-refractivity contribution is 1.18. The molecule has 0 spiro atoms. The van der Waals surface area contributed by atoms with E-state index in [0.717, 1.165) is 10.4 Å². The van der Waals surface area contributed by atoms with Gasteiger partial charge in [0.15, 0.2) is 0 Å². The highest BCUT2D eigenvalue weighted by Gasteiger charge is 2.14. The Labute approximate surface area is 118 Å². The molecule has 0 aliphatic rings. The average molecular weight is 312 g/mol. The van der Waals surface area contributed by atoms with E-state index in [0.29, 0.717) is 14.4 Å². The van der Waals surface area contributed by atoms with E-state index in [2.05, 4.69) is 0 Å². The van der Waals surface area contributed by atoms with Gasteiger partial charge in [-0.3, -0.25) is 0 Å². The molecular weight excluding hydrogens is 306 g/mol. The average Bonchev–Trinajstić information content (AvgIpc) is 2.62. The van der Waals surface area contributed by atoms with Crippen LogP contribution in [0.25, 0.3) is 0 Å². The first-order valence-electron chi connectivity index (χ1n) is 4.41. The van der Waals surface area contributed by atoms with Gasteiger partial charge in [0.2, 0.25) is 0 Å². The van der Waals surface area contributed by atoms with E-state index < -0.39 is 0 Å². The second kappa shape index (κ2) is 5.16. The molecule has 1 aromatic carbocycles. The molecule has 0 bridgehead atoms. The molecule has 84 valence electrons. The van der Waals surface area contributed by atoms with E-state index in [1.54, 1.807) is 18.2 Å². The highest BCUT2D eigenvalue weighted by Crippen LogP contribution is 2.37. The lowest BCUT2D eigenvalue weighted by Gasteiger charge is -2.08. The normalized spacial score (nSPS) is 12.8. The molecule has 0 radical (unpaired) electrons. The first-order valence-corrected chi connectivity index (χ1v) is 6.80. The Hall–Kier alpha value is 0.0800. The molecule has 16 heavy (non-hydrogen) atoms. The predicted octanol–water partition coefficient (Wildman–Crippen LogP) is 6.04. The summed E-state index contributed by atoms with van der Waals surface area (Å²) in [4.78, 5) is 0.977. The summed E-state index contributed by atoms with van der Waals surface area (Å²) in [6.45, 7) is 0. The lowest BCUT2D eigenvalue weighted by atomic mass is 10.1. The monoisotopic (exact) mass is 310 g/mol. The van der Waals surface area contributed by atoms with Gasteiger partial charge in [0, 0.05) is 14.9 Å². The van der Waals surface area contributed by atoms with Crippen LogP contribution in [0, 0.1) is 0 Å². The van der Waals surface area contributed by atoms with E-state index >= 15 is 0 Å². The Bertz CT molecular complexity index is 486. The summed E-state index contributed by atoms with van der Waals surface area (Å²) in [7, 11) is 0. The number of hydrogen-bond donors (Lipinski definition) is 0. The third kappa shape index (κ3) is 2.85. The quantitative estimate of drug-likeness (QED) is 0.593. The van der Waals surface area contributed by atoms with Crippen LogP contribution in [-0.2, 0) is 0 Å². The number of hydrogen-bond acceptors (Lipinski definition) is 1. The van der Waals surface area contributed by atoms with Crippen molar-refractivity contribution >= 4 is 57.7 Å². The van der Waals surface area contributed by atoms with Gasteiger partial charge < -0.3 is 0 Å². The minimum absolute atomic E-state index is 0.270. The predicted molar refractivity (Wildman–Crippen MR) is 73.5 cm³/mol. The summed E-state index contributed by atoms with van der Waals surface area (Å²) < 4.78 is 0.716. The van der Waals surface area contributed by atoms with E-state index in [-0.39, 0.29) is 5.38 Å². The Balaban J connectivity index is 2.37. The molecule has 0 saturated heterocycles. The summed E-state index contributed by atoms with van der Waals surface area (Å²) in [6, 6.07) is 9.01. The molecule has 2 aromatic rings. The second-order valence-corrected chi connectivity index (χ2v) is 6.26. The van der Waals surface area contributed by atoms with Gasteiger partial charge in [0.1, 0.15) is 0 Å². The molecule has 0 saturated carbocycles. The zero-order valence-corrected chi connectivity index (χ0v) is 11.7. The molecule has 1 atom stereocenters. The molecule has 0 nitrogen and oxygen atoms in total. The largest absolute Gasteiger partial charge is 0.127 e. The van der Waals surface area contributed by atoms with Crippen molar-refractivity contribution in [2.45, 2.75) is 5.38 Å². The molecule has 5 heteroatoms. The van der Waals surface area contributed by atoms with Gasteiger partial charge in [-0.1, -0.05) is 34.8 Å². The zero-order valence-electron chi connectivity index (χ0n) is 7.88. The van der Waals surface area contributed by atoms with Crippen LogP contribution >= 0.6 is 57.7 Å². The van der Waals surface area contributed by atoms with Gasteiger partial charge in [-0.2, -0.15) is 0 Å². The molecule has 0 amide bonds. The van der Waals surface area contributed by atoms with Crippen molar-refractivity contribution < 1.29 is 0 Å². The number of rotatable bonds is 2. The third-order valence-corrected chi connectivity index (χ3v) is 4.37. The van der Waals surface area contributed by atoms with E-state index in [1.807, 2.05) is 12.1 Å². The van der Waals surface area contributed by atoms with Crippen molar-refractivity contribution in [3.8, 4) is 0 Å². The van der Waals surface area contributed by atoms with Crippen LogP contribution < -0.4 is 0 Å². The molecule has 0 aliphatic carbocycles. The van der Waals surface area contributed by atoms with Crippen LogP contribution in [0.15, 0.2) is 30.3 Å². The molecule has 2 rings (SSSR count). The molecule has 1 aromatic heterocycles. The summed E-state index contributed by atoms with van der Waals surface area (Å²) in [5.74, 6) is 0. The molecule has 0 fully saturated rings. The van der Waals surface area contributed by atoms with Crippen molar-refractivity contribution in [2.75, 3.05) is 0 Å². The van der Waals surface area contributed by atoms with Crippen molar-refractivity contribution in [3.05, 3.63) is 55.2 Å². The zero-order chi connectivity index (χ0) is 11.7. The summed E-state index contributed by atoms with van der Waals surface area (Å²) >= 11 is 25.5. The van der Waals surface area contributed by atoms with Crippen molar-refractivity contribution in [1.82, 2.24) is 0 Å². The van der Waals surface area contributed by atoms with Crippen molar-refractivity contribution in [1.29, 1.82) is 0 Å². The van der Waals surface area contributed by atoms with Gasteiger partial charge in [-0.05, 0) is 35.9 Å². The summed E-state index contributed by atoms with van der Waals surface area (Å²) in [5.41, 5.74) is 0.873. The first kappa shape index (κ1) is 12.5. The lowest BCUT2D eigenvalue weighted by Crippen LogP contribution is -1.89. The highest BCUT2D eigenvalue weighted by atomic mass is 35.5. The Morgan fingerprint density at radius 2 is 1.56 bits per heavy atom. The molecular formula is C11H6Cl4S. The minimum atomic E-state index is -0.270. The fourth-order valence-electron chi connectivity index (χ4n) is 1.35. The Morgan fingerprint density at radius 1 is 0.938 bits per heavy atom. The maximum absolute atomic E-state index is 6.32. The molecule has 0 aliphatic heterocycles. The van der Waals surface area contributed by atoms with Gasteiger partial charge in [0.25, 0.3) is 0 Å². The van der Waals surface area contributed by atoms with Gasteiger partial charge >= 0.3 is 0 Å².